The highest BCUT2D eigenvalue weighted by atomic mass is 19.4. The van der Waals surface area contributed by atoms with E-state index < -0.39 is 17.7 Å². The molecule has 2 rings (SSSR count). The van der Waals surface area contributed by atoms with Gasteiger partial charge in [0, 0.05) is 6.61 Å². The van der Waals surface area contributed by atoms with Crippen LogP contribution in [0.1, 0.15) is 18.7 Å². The number of alkyl halides is 3. The molecule has 1 saturated heterocycles. The summed E-state index contributed by atoms with van der Waals surface area (Å²) in [5.74, 6) is -1.20. The lowest BCUT2D eigenvalue weighted by molar-refractivity contribution is -0.148. The first kappa shape index (κ1) is 11.2. The Bertz CT molecular complexity index is 417. The minimum Gasteiger partial charge on any atom is -0.376 e. The Hall–Kier alpha value is -1.31. The molecule has 1 fully saturated rings. The first-order chi connectivity index (χ1) is 7.48. The van der Waals surface area contributed by atoms with Crippen molar-refractivity contribution in [1.29, 1.82) is 0 Å². The van der Waals surface area contributed by atoms with Crippen LogP contribution in [0.5, 0.6) is 0 Å². The van der Waals surface area contributed by atoms with Gasteiger partial charge in [0.05, 0.1) is 12.6 Å². The largest absolute Gasteiger partial charge is 0.451 e. The fraction of sp³-hybridized carbons (Fsp3) is 0.750. The van der Waals surface area contributed by atoms with Gasteiger partial charge in [0.2, 0.25) is 5.82 Å². The van der Waals surface area contributed by atoms with Gasteiger partial charge >= 0.3 is 11.9 Å². The summed E-state index contributed by atoms with van der Waals surface area (Å²) in [5, 5.41) is 4.77. The van der Waals surface area contributed by atoms with Gasteiger partial charge in [0.15, 0.2) is 0 Å². The van der Waals surface area contributed by atoms with Crippen molar-refractivity contribution in [1.82, 2.24) is 14.8 Å². The minimum atomic E-state index is -4.63. The molecule has 1 aliphatic rings. The van der Waals surface area contributed by atoms with E-state index in [1.165, 1.54) is 0 Å². The van der Waals surface area contributed by atoms with Crippen LogP contribution < -0.4 is 5.69 Å². The number of nitrogens with one attached hydrogen (secondary N) is 1. The molecule has 1 aliphatic heterocycles. The van der Waals surface area contributed by atoms with Gasteiger partial charge in [0.1, 0.15) is 0 Å². The molecular formula is C8H10F3N3O2. The van der Waals surface area contributed by atoms with E-state index in [1.807, 2.05) is 0 Å². The van der Waals surface area contributed by atoms with Crippen LogP contribution in [0.2, 0.25) is 0 Å². The van der Waals surface area contributed by atoms with Crippen molar-refractivity contribution in [2.75, 3.05) is 6.61 Å². The Morgan fingerprint density at radius 3 is 2.88 bits per heavy atom. The summed E-state index contributed by atoms with van der Waals surface area (Å²) in [6.45, 7) is 0.419. The standard InChI is InChI=1S/C8H10F3N3O2/c9-8(10,11)6-12-13-7(15)14(6)4-5-2-1-3-16-5/h5H,1-4H2,(H,13,15). The fourth-order valence-electron chi connectivity index (χ4n) is 1.70. The van der Waals surface area contributed by atoms with Crippen molar-refractivity contribution in [2.45, 2.75) is 31.7 Å². The summed E-state index contributed by atoms with van der Waals surface area (Å²) in [6.07, 6.45) is -3.50. The third-order valence-electron chi connectivity index (χ3n) is 2.42. The maximum Gasteiger partial charge on any atom is 0.451 e. The van der Waals surface area contributed by atoms with Crippen LogP contribution in [0.3, 0.4) is 0 Å². The molecule has 1 atom stereocenters. The maximum absolute atomic E-state index is 12.5. The predicted molar refractivity (Wildman–Crippen MR) is 46.8 cm³/mol. The van der Waals surface area contributed by atoms with E-state index in [2.05, 4.69) is 5.10 Å². The Morgan fingerprint density at radius 1 is 1.56 bits per heavy atom. The molecule has 0 bridgehead atoms. The lowest BCUT2D eigenvalue weighted by atomic mass is 10.2. The fourth-order valence-corrected chi connectivity index (χ4v) is 1.70. The number of H-pyrrole nitrogens is 1. The monoisotopic (exact) mass is 237 g/mol. The minimum absolute atomic E-state index is 0.107. The van der Waals surface area contributed by atoms with Gasteiger partial charge in [-0.1, -0.05) is 0 Å². The molecule has 1 unspecified atom stereocenters. The molecule has 0 aromatic carbocycles. The van der Waals surface area contributed by atoms with Crippen LogP contribution in [-0.2, 0) is 17.5 Å². The molecular weight excluding hydrogens is 227 g/mol. The van der Waals surface area contributed by atoms with E-state index in [4.69, 9.17) is 4.74 Å². The molecule has 8 heteroatoms. The van der Waals surface area contributed by atoms with E-state index in [0.717, 1.165) is 6.42 Å². The summed E-state index contributed by atoms with van der Waals surface area (Å²) >= 11 is 0. The van der Waals surface area contributed by atoms with E-state index in [0.29, 0.717) is 17.6 Å². The molecule has 16 heavy (non-hydrogen) atoms. The first-order valence-corrected chi connectivity index (χ1v) is 4.82. The number of aromatic nitrogens is 3. The van der Waals surface area contributed by atoms with Crippen LogP contribution in [0.25, 0.3) is 0 Å². The number of nitrogens with zero attached hydrogens (tertiary/aromatic N) is 2. The molecule has 0 saturated carbocycles. The molecule has 0 aliphatic carbocycles. The highest BCUT2D eigenvalue weighted by Crippen LogP contribution is 2.27. The van der Waals surface area contributed by atoms with Gasteiger partial charge < -0.3 is 4.74 Å². The van der Waals surface area contributed by atoms with Gasteiger partial charge in [-0.3, -0.25) is 4.57 Å². The summed E-state index contributed by atoms with van der Waals surface area (Å²) in [6, 6.07) is 0. The Balaban J connectivity index is 2.25. The Kier molecular flexibility index (Phi) is 2.75. The second-order valence-corrected chi connectivity index (χ2v) is 3.60. The molecule has 0 spiro atoms. The molecule has 1 N–H and O–H groups in total. The Labute approximate surface area is 88.2 Å². The average Bonchev–Trinajstić information content (AvgIpc) is 2.76. The third-order valence-corrected chi connectivity index (χ3v) is 2.42. The zero-order valence-corrected chi connectivity index (χ0v) is 8.25. The number of rotatable bonds is 2. The first-order valence-electron chi connectivity index (χ1n) is 4.82. The van der Waals surface area contributed by atoms with Crippen molar-refractivity contribution < 1.29 is 17.9 Å². The maximum atomic E-state index is 12.5. The summed E-state index contributed by atoms with van der Waals surface area (Å²) in [4.78, 5) is 11.2. The van der Waals surface area contributed by atoms with E-state index in [1.54, 1.807) is 5.10 Å². The highest BCUT2D eigenvalue weighted by molar-refractivity contribution is 4.92. The van der Waals surface area contributed by atoms with E-state index >= 15 is 0 Å². The molecule has 1 aromatic heterocycles. The van der Waals surface area contributed by atoms with Crippen molar-refractivity contribution in [3.05, 3.63) is 16.3 Å². The quantitative estimate of drug-likeness (QED) is 0.826. The van der Waals surface area contributed by atoms with Crippen LogP contribution in [-0.4, -0.2) is 27.5 Å². The second-order valence-electron chi connectivity index (χ2n) is 3.60. The predicted octanol–water partition coefficient (Wildman–Crippen LogP) is 0.769. The van der Waals surface area contributed by atoms with Crippen LogP contribution in [0.15, 0.2) is 4.79 Å². The normalized spacial score (nSPS) is 21.6. The number of aromatic amines is 1. The summed E-state index contributed by atoms with van der Waals surface area (Å²) < 4.78 is 43.1. The number of hydrogen-bond acceptors (Lipinski definition) is 3. The van der Waals surface area contributed by atoms with Gasteiger partial charge in [0.25, 0.3) is 0 Å². The molecule has 0 amide bonds. The molecule has 2 heterocycles. The highest BCUT2D eigenvalue weighted by Gasteiger charge is 2.38. The van der Waals surface area contributed by atoms with Crippen molar-refractivity contribution in [3.8, 4) is 0 Å². The van der Waals surface area contributed by atoms with Crippen molar-refractivity contribution in [2.24, 2.45) is 0 Å². The number of ether oxygens (including phenoxy) is 1. The molecule has 90 valence electrons. The zero-order valence-electron chi connectivity index (χ0n) is 8.25. The summed E-state index contributed by atoms with van der Waals surface area (Å²) in [7, 11) is 0. The van der Waals surface area contributed by atoms with E-state index in [9.17, 15) is 18.0 Å². The van der Waals surface area contributed by atoms with Crippen LogP contribution in [0.4, 0.5) is 13.2 Å². The van der Waals surface area contributed by atoms with Gasteiger partial charge in [-0.25, -0.2) is 9.89 Å². The SMILES string of the molecule is O=c1[nH]nc(C(F)(F)F)n1CC1CCCO1. The molecule has 1 aromatic rings. The molecule has 0 radical (unpaired) electrons. The lowest BCUT2D eigenvalue weighted by Gasteiger charge is -2.12. The van der Waals surface area contributed by atoms with Crippen molar-refractivity contribution in [3.63, 3.8) is 0 Å². The van der Waals surface area contributed by atoms with Crippen molar-refractivity contribution >= 4 is 0 Å². The second kappa shape index (κ2) is 3.93. The summed E-state index contributed by atoms with van der Waals surface area (Å²) in [5.41, 5.74) is -0.858. The third kappa shape index (κ3) is 2.11. The van der Waals surface area contributed by atoms with Gasteiger partial charge in [-0.05, 0) is 12.8 Å². The average molecular weight is 237 g/mol. The Morgan fingerprint density at radius 2 is 2.31 bits per heavy atom. The topological polar surface area (TPSA) is 59.9 Å². The van der Waals surface area contributed by atoms with E-state index in [-0.39, 0.29) is 12.6 Å². The number of halogens is 3. The zero-order chi connectivity index (χ0) is 11.8. The smallest absolute Gasteiger partial charge is 0.376 e. The van der Waals surface area contributed by atoms with Crippen LogP contribution in [0, 0.1) is 0 Å². The molecule has 5 nitrogen and oxygen atoms in total. The number of hydrogen-bond donors (Lipinski definition) is 1. The van der Waals surface area contributed by atoms with Gasteiger partial charge in [-0.2, -0.15) is 13.2 Å². The van der Waals surface area contributed by atoms with Gasteiger partial charge in [-0.15, -0.1) is 5.10 Å². The van der Waals surface area contributed by atoms with Crippen LogP contribution >= 0.6 is 0 Å². The lowest BCUT2D eigenvalue weighted by Crippen LogP contribution is -2.28.